The summed E-state index contributed by atoms with van der Waals surface area (Å²) in [4.78, 5) is 50.2. The minimum Gasteiger partial charge on any atom is -0.448 e. The SMILES string of the molecule is CCCS(=N)(=O)c1nc(N)c2c(n1)n(Cc1ccccc1)c(=O)n2C(=O)N(C)CCOC(=O)N(CC)CC. The van der Waals surface area contributed by atoms with E-state index in [1.807, 2.05) is 44.2 Å². The van der Waals surface area contributed by atoms with Crippen LogP contribution in [0.4, 0.5) is 15.4 Å². The smallest absolute Gasteiger partial charge is 0.409 e. The Morgan fingerprint density at radius 2 is 1.79 bits per heavy atom. The molecule has 0 aliphatic carbocycles. The predicted octanol–water partition coefficient (Wildman–Crippen LogP) is 2.42. The molecule has 2 aromatic heterocycles. The molecule has 1 aromatic carbocycles. The number of aromatic nitrogens is 4. The Hall–Kier alpha value is -3.94. The Balaban J connectivity index is 2.04. The first kappa shape index (κ1) is 28.6. The first-order valence-corrected chi connectivity index (χ1v) is 14.0. The molecule has 206 valence electrons. The van der Waals surface area contributed by atoms with Crippen molar-refractivity contribution < 1.29 is 18.5 Å². The number of hydrogen-bond acceptors (Lipinski definition) is 9. The predicted molar refractivity (Wildman–Crippen MR) is 144 cm³/mol. The molecule has 2 amide bonds. The van der Waals surface area contributed by atoms with Crippen molar-refractivity contribution in [2.24, 2.45) is 0 Å². The highest BCUT2D eigenvalue weighted by atomic mass is 32.2. The van der Waals surface area contributed by atoms with Gasteiger partial charge in [-0.3, -0.25) is 4.57 Å². The molecular formula is C24H34N8O5S. The van der Waals surface area contributed by atoms with E-state index in [9.17, 15) is 18.6 Å². The van der Waals surface area contributed by atoms with Gasteiger partial charge in [0.25, 0.3) is 0 Å². The van der Waals surface area contributed by atoms with Crippen LogP contribution in [-0.4, -0.2) is 84.3 Å². The van der Waals surface area contributed by atoms with Gasteiger partial charge in [0.05, 0.1) is 13.1 Å². The minimum absolute atomic E-state index is 0.00661. The topological polar surface area (TPSA) is 170 Å². The maximum atomic E-state index is 13.6. The van der Waals surface area contributed by atoms with E-state index in [2.05, 4.69) is 9.97 Å². The quantitative estimate of drug-likeness (QED) is 0.365. The number of imidazole rings is 1. The highest BCUT2D eigenvalue weighted by Crippen LogP contribution is 2.22. The van der Waals surface area contributed by atoms with Gasteiger partial charge in [0.2, 0.25) is 5.16 Å². The summed E-state index contributed by atoms with van der Waals surface area (Å²) < 4.78 is 28.5. The van der Waals surface area contributed by atoms with Crippen molar-refractivity contribution in [3.63, 3.8) is 0 Å². The van der Waals surface area contributed by atoms with Crippen molar-refractivity contribution in [1.29, 1.82) is 4.78 Å². The standard InChI is InChI=1S/C24H34N8O5S/c1-5-15-38(26,36)21-27-19(25)18-20(28-21)31(16-17-11-9-8-10-12-17)23(34)32(18)22(33)29(4)13-14-37-24(35)30(6-2)7-3/h8-12,26H,5-7,13-16H2,1-4H3,(H2,25,27,28). The van der Waals surface area contributed by atoms with Crippen molar-refractivity contribution in [2.45, 2.75) is 38.9 Å². The van der Waals surface area contributed by atoms with E-state index in [-0.39, 0.29) is 47.6 Å². The van der Waals surface area contributed by atoms with Gasteiger partial charge >= 0.3 is 17.8 Å². The number of nitrogen functional groups attached to an aromatic ring is 1. The third-order valence-electron chi connectivity index (χ3n) is 5.94. The van der Waals surface area contributed by atoms with E-state index in [1.54, 1.807) is 6.92 Å². The van der Waals surface area contributed by atoms with Crippen LogP contribution >= 0.6 is 0 Å². The first-order valence-electron chi connectivity index (χ1n) is 12.3. The largest absolute Gasteiger partial charge is 0.448 e. The van der Waals surface area contributed by atoms with Crippen molar-refractivity contribution in [3.8, 4) is 0 Å². The van der Waals surface area contributed by atoms with Crippen LogP contribution in [0.15, 0.2) is 40.3 Å². The van der Waals surface area contributed by atoms with Crippen LogP contribution < -0.4 is 11.4 Å². The summed E-state index contributed by atoms with van der Waals surface area (Å²) in [5.74, 6) is -0.213. The summed E-state index contributed by atoms with van der Waals surface area (Å²) in [7, 11) is -1.90. The third kappa shape index (κ3) is 5.96. The van der Waals surface area contributed by atoms with Crippen LogP contribution in [-0.2, 0) is 21.0 Å². The number of benzene rings is 1. The number of carbonyl (C=O) groups excluding carboxylic acids is 2. The fourth-order valence-electron chi connectivity index (χ4n) is 3.87. The molecule has 0 aliphatic rings. The molecule has 38 heavy (non-hydrogen) atoms. The number of nitrogens with one attached hydrogen (secondary N) is 1. The van der Waals surface area contributed by atoms with Crippen LogP contribution in [0.2, 0.25) is 0 Å². The van der Waals surface area contributed by atoms with Gasteiger partial charge in [0.15, 0.2) is 11.5 Å². The van der Waals surface area contributed by atoms with Gasteiger partial charge in [-0.15, -0.1) is 0 Å². The number of carbonyl (C=O) groups is 2. The Morgan fingerprint density at radius 1 is 1.13 bits per heavy atom. The van der Waals surface area contributed by atoms with Crippen LogP contribution in [0.25, 0.3) is 11.2 Å². The molecule has 3 rings (SSSR count). The number of ether oxygens (including phenoxy) is 1. The number of anilines is 1. The van der Waals surface area contributed by atoms with Crippen molar-refractivity contribution >= 4 is 38.8 Å². The molecule has 0 bridgehead atoms. The van der Waals surface area contributed by atoms with Crippen LogP contribution in [0, 0.1) is 4.78 Å². The number of amides is 2. The molecule has 1 atom stereocenters. The fourth-order valence-corrected chi connectivity index (χ4v) is 5.11. The number of likely N-dealkylation sites (N-methyl/N-ethyl adjacent to an activating group) is 1. The highest BCUT2D eigenvalue weighted by Gasteiger charge is 2.27. The van der Waals surface area contributed by atoms with Crippen molar-refractivity contribution in [2.75, 3.05) is 44.8 Å². The van der Waals surface area contributed by atoms with Gasteiger partial charge in [0, 0.05) is 25.9 Å². The molecule has 0 radical (unpaired) electrons. The zero-order chi connectivity index (χ0) is 28.0. The number of fused-ring (bicyclic) bond motifs is 1. The normalized spacial score (nSPS) is 12.7. The number of nitrogens with zero attached hydrogens (tertiary/aromatic N) is 6. The third-order valence-corrected chi connectivity index (χ3v) is 7.69. The van der Waals surface area contributed by atoms with Gasteiger partial charge in [-0.1, -0.05) is 37.3 Å². The zero-order valence-electron chi connectivity index (χ0n) is 22.0. The van der Waals surface area contributed by atoms with Crippen molar-refractivity contribution in [1.82, 2.24) is 28.9 Å². The van der Waals surface area contributed by atoms with E-state index in [1.165, 1.54) is 21.4 Å². The van der Waals surface area contributed by atoms with Crippen LogP contribution in [0.3, 0.4) is 0 Å². The first-order chi connectivity index (χ1) is 18.0. The molecular weight excluding hydrogens is 512 g/mol. The second-order valence-electron chi connectivity index (χ2n) is 8.62. The maximum absolute atomic E-state index is 13.6. The molecule has 0 aliphatic heterocycles. The monoisotopic (exact) mass is 546 g/mol. The van der Waals surface area contributed by atoms with Gasteiger partial charge in [0.1, 0.15) is 21.9 Å². The summed E-state index contributed by atoms with van der Waals surface area (Å²) in [6.45, 7) is 6.42. The van der Waals surface area contributed by atoms with Gasteiger partial charge in [-0.25, -0.2) is 32.9 Å². The van der Waals surface area contributed by atoms with E-state index in [0.717, 1.165) is 10.1 Å². The molecule has 13 nitrogen and oxygen atoms in total. The minimum atomic E-state index is -3.36. The number of rotatable bonds is 10. The summed E-state index contributed by atoms with van der Waals surface area (Å²) in [6, 6.07) is 8.34. The molecule has 14 heteroatoms. The summed E-state index contributed by atoms with van der Waals surface area (Å²) in [5, 5.41) is -0.285. The van der Waals surface area contributed by atoms with Crippen LogP contribution in [0.1, 0.15) is 32.8 Å². The molecule has 1 unspecified atom stereocenters. The van der Waals surface area contributed by atoms with E-state index < -0.39 is 27.5 Å². The molecule has 0 saturated heterocycles. The lowest BCUT2D eigenvalue weighted by Crippen LogP contribution is -2.40. The summed E-state index contributed by atoms with van der Waals surface area (Å²) >= 11 is 0. The Morgan fingerprint density at radius 3 is 2.39 bits per heavy atom. The lowest BCUT2D eigenvalue weighted by atomic mass is 10.2. The van der Waals surface area contributed by atoms with Gasteiger partial charge in [-0.05, 0) is 25.8 Å². The lowest BCUT2D eigenvalue weighted by molar-refractivity contribution is 0.0990. The second kappa shape index (κ2) is 12.1. The Bertz CT molecular complexity index is 1460. The number of hydrogen-bond donors (Lipinski definition) is 2. The molecule has 3 aromatic rings. The average molecular weight is 547 g/mol. The lowest BCUT2D eigenvalue weighted by Gasteiger charge is -2.20. The molecule has 0 spiro atoms. The fraction of sp³-hybridized carbons (Fsp3) is 0.458. The van der Waals surface area contributed by atoms with E-state index in [0.29, 0.717) is 19.5 Å². The number of nitrogens with two attached hydrogens (primary N) is 1. The highest BCUT2D eigenvalue weighted by molar-refractivity contribution is 7.92. The van der Waals surface area contributed by atoms with E-state index >= 15 is 0 Å². The molecule has 0 fully saturated rings. The molecule has 3 N–H and O–H groups in total. The summed E-state index contributed by atoms with van der Waals surface area (Å²) in [5.41, 5.74) is 6.20. The zero-order valence-corrected chi connectivity index (χ0v) is 22.9. The van der Waals surface area contributed by atoms with Gasteiger partial charge < -0.3 is 20.3 Å². The Kier molecular flexibility index (Phi) is 9.09. The molecule has 0 saturated carbocycles. The van der Waals surface area contributed by atoms with Crippen molar-refractivity contribution in [3.05, 3.63) is 46.4 Å². The van der Waals surface area contributed by atoms with Gasteiger partial charge in [-0.2, -0.15) is 4.98 Å². The maximum Gasteiger partial charge on any atom is 0.409 e. The van der Waals surface area contributed by atoms with E-state index in [4.69, 9.17) is 15.3 Å². The van der Waals surface area contributed by atoms with Crippen LogP contribution in [0.5, 0.6) is 0 Å². The second-order valence-corrected chi connectivity index (χ2v) is 10.7. The average Bonchev–Trinajstić information content (AvgIpc) is 3.16. The summed E-state index contributed by atoms with van der Waals surface area (Å²) in [6.07, 6.45) is -0.0347. The molecule has 2 heterocycles. The Labute approximate surface area is 221 Å².